The lowest BCUT2D eigenvalue weighted by atomic mass is 9.81. The number of rotatable bonds is 8. The largest absolute Gasteiger partial charge is 0.311 e. The van der Waals surface area contributed by atoms with Gasteiger partial charge in [0.15, 0.2) is 0 Å². The molecule has 1 aliphatic carbocycles. The highest BCUT2D eigenvalue weighted by Crippen LogP contribution is 2.50. The second-order valence-electron chi connectivity index (χ2n) is 18.4. The number of hydrogen-bond acceptors (Lipinski definition) is 3. The van der Waals surface area contributed by atoms with Crippen molar-refractivity contribution in [1.29, 1.82) is 0 Å². The lowest BCUT2D eigenvalue weighted by molar-refractivity contribution is 0.660. The van der Waals surface area contributed by atoms with Gasteiger partial charge in [-0.05, 0) is 157 Å². The topological polar surface area (TPSA) is 21.1 Å². The quantitative estimate of drug-likeness (QED) is 0.152. The van der Waals surface area contributed by atoms with Crippen LogP contribution >= 0.6 is 11.3 Å². The Labute approximate surface area is 400 Å². The molecule has 2 heterocycles. The van der Waals surface area contributed by atoms with Crippen LogP contribution in [0.3, 0.4) is 0 Å². The SMILES string of the molecule is CC1(C)c2ccccc2-c2ccc(-c3ccc(N(c4ccc(-c5cccc6ccccc56)cc4)c4ccc(-c5nc6ccccc6n5-c5ccc(-c6cc7ccccc7s6)cc5)cc4)cc3)cc21. The number of nitrogens with zero attached hydrogens (tertiary/aromatic N) is 3. The average molecular weight is 888 g/mol. The second-order valence-corrected chi connectivity index (χ2v) is 19.5. The van der Waals surface area contributed by atoms with Crippen molar-refractivity contribution in [2.45, 2.75) is 19.3 Å². The molecule has 2 aromatic heterocycles. The van der Waals surface area contributed by atoms with E-state index in [-0.39, 0.29) is 5.41 Å². The molecule has 0 fully saturated rings. The number of fused-ring (bicyclic) bond motifs is 6. The zero-order valence-corrected chi connectivity index (χ0v) is 38.6. The molecule has 0 saturated heterocycles. The van der Waals surface area contributed by atoms with Gasteiger partial charge < -0.3 is 4.90 Å². The van der Waals surface area contributed by atoms with Crippen molar-refractivity contribution in [2.75, 3.05) is 4.90 Å². The molecule has 0 spiro atoms. The Morgan fingerprint density at radius 2 is 1.00 bits per heavy atom. The molecule has 0 unspecified atom stereocenters. The third-order valence-corrected chi connectivity index (χ3v) is 15.2. The number of para-hydroxylation sites is 2. The maximum atomic E-state index is 5.25. The minimum absolute atomic E-state index is 0.0579. The predicted octanol–water partition coefficient (Wildman–Crippen LogP) is 17.8. The van der Waals surface area contributed by atoms with E-state index in [4.69, 9.17) is 4.98 Å². The average Bonchev–Trinajstić information content (AvgIpc) is 4.08. The Balaban J connectivity index is 0.874. The summed E-state index contributed by atoms with van der Waals surface area (Å²) in [5, 5.41) is 3.77. The van der Waals surface area contributed by atoms with Gasteiger partial charge in [0.25, 0.3) is 0 Å². The fourth-order valence-corrected chi connectivity index (χ4v) is 11.6. The summed E-state index contributed by atoms with van der Waals surface area (Å²) in [6.07, 6.45) is 0. The molecule has 0 radical (unpaired) electrons. The highest BCUT2D eigenvalue weighted by Gasteiger charge is 2.35. The van der Waals surface area contributed by atoms with Gasteiger partial charge in [-0.25, -0.2) is 4.98 Å². The number of aromatic nitrogens is 2. The molecule has 4 heteroatoms. The van der Waals surface area contributed by atoms with Crippen LogP contribution in [0.4, 0.5) is 17.1 Å². The van der Waals surface area contributed by atoms with E-state index in [2.05, 4.69) is 260 Å². The molecule has 68 heavy (non-hydrogen) atoms. The first-order chi connectivity index (χ1) is 33.4. The third-order valence-electron chi connectivity index (χ3n) is 14.0. The van der Waals surface area contributed by atoms with Crippen molar-refractivity contribution in [2.24, 2.45) is 0 Å². The van der Waals surface area contributed by atoms with Gasteiger partial charge >= 0.3 is 0 Å². The van der Waals surface area contributed by atoms with Crippen LogP contribution < -0.4 is 4.90 Å². The first-order valence-electron chi connectivity index (χ1n) is 23.4. The Morgan fingerprint density at radius 3 is 1.76 bits per heavy atom. The molecule has 10 aromatic carbocycles. The van der Waals surface area contributed by atoms with Crippen LogP contribution in [0.2, 0.25) is 0 Å². The van der Waals surface area contributed by atoms with Gasteiger partial charge in [-0.1, -0.05) is 159 Å². The molecule has 1 aliphatic rings. The number of anilines is 3. The van der Waals surface area contributed by atoms with E-state index in [0.29, 0.717) is 0 Å². The molecule has 0 aliphatic heterocycles. The Kier molecular flexibility index (Phi) is 9.38. The fraction of sp³-hybridized carbons (Fsp3) is 0.0469. The first kappa shape index (κ1) is 40.0. The van der Waals surface area contributed by atoms with E-state index in [1.165, 1.54) is 75.8 Å². The molecular formula is C64H45N3S. The molecule has 0 atom stereocenters. The molecule has 0 bridgehead atoms. The van der Waals surface area contributed by atoms with Gasteiger partial charge in [0, 0.05) is 43.3 Å². The molecule has 12 aromatic rings. The van der Waals surface area contributed by atoms with Gasteiger partial charge in [0.05, 0.1) is 11.0 Å². The van der Waals surface area contributed by atoms with Crippen LogP contribution in [0.5, 0.6) is 0 Å². The number of hydrogen-bond donors (Lipinski definition) is 0. The molecule has 0 saturated carbocycles. The van der Waals surface area contributed by atoms with Crippen LogP contribution in [0, 0.1) is 0 Å². The van der Waals surface area contributed by atoms with Crippen molar-refractivity contribution < 1.29 is 0 Å². The van der Waals surface area contributed by atoms with E-state index < -0.39 is 0 Å². The molecule has 0 amide bonds. The van der Waals surface area contributed by atoms with Gasteiger partial charge in [-0.2, -0.15) is 0 Å². The lowest BCUT2D eigenvalue weighted by Gasteiger charge is -2.26. The second kappa shape index (κ2) is 15.9. The third kappa shape index (κ3) is 6.67. The van der Waals surface area contributed by atoms with E-state index in [0.717, 1.165) is 45.2 Å². The standard InChI is InChI=1S/C64H45N3S/c1-64(2)57-18-7-6-16-55(57)56-39-30-47(40-58(56)64)42-22-31-49(32-23-42)66(50-33-24-44(25-34-50)54-17-11-14-43-12-3-5-15-53(43)54)51-37-28-46(29-38-51)63-65-59-19-8-9-20-60(59)67(63)52-35-26-45(27-36-52)62-41-48-13-4-10-21-61(48)68-62/h3-41H,1-2H3. The predicted molar refractivity (Wildman–Crippen MR) is 288 cm³/mol. The van der Waals surface area contributed by atoms with E-state index in [9.17, 15) is 0 Å². The normalized spacial score (nSPS) is 12.7. The van der Waals surface area contributed by atoms with Gasteiger partial charge in [0.1, 0.15) is 5.82 Å². The lowest BCUT2D eigenvalue weighted by Crippen LogP contribution is -2.14. The van der Waals surface area contributed by atoms with Gasteiger partial charge in [-0.3, -0.25) is 4.57 Å². The zero-order chi connectivity index (χ0) is 45.3. The van der Waals surface area contributed by atoms with Crippen molar-refractivity contribution in [3.05, 3.63) is 248 Å². The Bertz CT molecular complexity index is 3820. The Hall–Kier alpha value is -8.31. The van der Waals surface area contributed by atoms with Crippen LogP contribution in [0.25, 0.3) is 92.8 Å². The summed E-state index contributed by atoms with van der Waals surface area (Å²) in [7, 11) is 0. The van der Waals surface area contributed by atoms with E-state index in [1.807, 2.05) is 11.3 Å². The summed E-state index contributed by atoms with van der Waals surface area (Å²) < 4.78 is 3.60. The zero-order valence-electron chi connectivity index (χ0n) is 37.8. The van der Waals surface area contributed by atoms with Crippen LogP contribution in [-0.2, 0) is 5.41 Å². The van der Waals surface area contributed by atoms with Crippen LogP contribution in [0.1, 0.15) is 25.0 Å². The number of thiophene rings is 1. The minimum Gasteiger partial charge on any atom is -0.311 e. The molecule has 322 valence electrons. The molecule has 3 nitrogen and oxygen atoms in total. The molecule has 13 rings (SSSR count). The van der Waals surface area contributed by atoms with Crippen molar-refractivity contribution in [1.82, 2.24) is 9.55 Å². The summed E-state index contributed by atoms with van der Waals surface area (Å²) in [6, 6.07) is 86.2. The highest BCUT2D eigenvalue weighted by molar-refractivity contribution is 7.22. The van der Waals surface area contributed by atoms with E-state index >= 15 is 0 Å². The van der Waals surface area contributed by atoms with Crippen LogP contribution in [0.15, 0.2) is 237 Å². The summed E-state index contributed by atoms with van der Waals surface area (Å²) in [5.74, 6) is 0.906. The van der Waals surface area contributed by atoms with Crippen molar-refractivity contribution >= 4 is 60.3 Å². The highest BCUT2D eigenvalue weighted by atomic mass is 32.1. The number of imidazole rings is 1. The smallest absolute Gasteiger partial charge is 0.145 e. The first-order valence-corrected chi connectivity index (χ1v) is 24.2. The minimum atomic E-state index is -0.0579. The summed E-state index contributed by atoms with van der Waals surface area (Å²) >= 11 is 1.83. The molecular weight excluding hydrogens is 843 g/mol. The number of benzene rings is 10. The fourth-order valence-electron chi connectivity index (χ4n) is 10.5. The molecule has 0 N–H and O–H groups in total. The van der Waals surface area contributed by atoms with Crippen molar-refractivity contribution in [3.8, 4) is 60.9 Å². The summed E-state index contributed by atoms with van der Waals surface area (Å²) in [6.45, 7) is 4.69. The summed E-state index contributed by atoms with van der Waals surface area (Å²) in [4.78, 5) is 8.88. The van der Waals surface area contributed by atoms with Gasteiger partial charge in [-0.15, -0.1) is 11.3 Å². The maximum Gasteiger partial charge on any atom is 0.145 e. The maximum absolute atomic E-state index is 5.25. The van der Waals surface area contributed by atoms with Gasteiger partial charge in [0.2, 0.25) is 0 Å². The van der Waals surface area contributed by atoms with E-state index in [1.54, 1.807) is 0 Å². The van der Waals surface area contributed by atoms with Crippen molar-refractivity contribution in [3.63, 3.8) is 0 Å². The monoisotopic (exact) mass is 887 g/mol. The summed E-state index contributed by atoms with van der Waals surface area (Å²) in [5.41, 5.74) is 18.8. The van der Waals surface area contributed by atoms with Crippen LogP contribution in [-0.4, -0.2) is 9.55 Å². The Morgan fingerprint density at radius 1 is 0.426 bits per heavy atom.